The Balaban J connectivity index is 2.65. The highest BCUT2D eigenvalue weighted by molar-refractivity contribution is 5.94. The number of carbonyl (C=O) groups excluding carboxylic acids is 2. The fourth-order valence-electron chi connectivity index (χ4n) is 1.65. The molecule has 19 heavy (non-hydrogen) atoms. The van der Waals surface area contributed by atoms with Gasteiger partial charge in [-0.05, 0) is 12.5 Å². The minimum absolute atomic E-state index is 0.206. The molecule has 1 unspecified atom stereocenters. The first-order valence-corrected chi connectivity index (χ1v) is 5.99. The Morgan fingerprint density at radius 2 is 2.26 bits per heavy atom. The molecule has 1 atom stereocenters. The Morgan fingerprint density at radius 1 is 1.58 bits per heavy atom. The lowest BCUT2D eigenvalue weighted by Gasteiger charge is -2.11. The summed E-state index contributed by atoms with van der Waals surface area (Å²) >= 11 is 0. The third-order valence-electron chi connectivity index (χ3n) is 2.54. The predicted octanol–water partition coefficient (Wildman–Crippen LogP) is -0.256. The van der Waals surface area contributed by atoms with E-state index in [0.29, 0.717) is 17.9 Å². The average Bonchev–Trinajstić information content (AvgIpc) is 2.76. The van der Waals surface area contributed by atoms with Crippen molar-refractivity contribution in [3.63, 3.8) is 0 Å². The molecule has 0 saturated carbocycles. The van der Waals surface area contributed by atoms with Gasteiger partial charge in [0.25, 0.3) is 5.91 Å². The van der Waals surface area contributed by atoms with E-state index in [9.17, 15) is 14.7 Å². The highest BCUT2D eigenvalue weighted by Gasteiger charge is 2.18. The lowest BCUT2D eigenvalue weighted by Crippen LogP contribution is -2.37. The van der Waals surface area contributed by atoms with Gasteiger partial charge in [0.05, 0.1) is 19.3 Å². The van der Waals surface area contributed by atoms with Gasteiger partial charge in [-0.15, -0.1) is 0 Å². The Morgan fingerprint density at radius 3 is 2.84 bits per heavy atom. The van der Waals surface area contributed by atoms with Gasteiger partial charge in [0.2, 0.25) is 0 Å². The predicted molar refractivity (Wildman–Crippen MR) is 69.5 cm³/mol. The summed E-state index contributed by atoms with van der Waals surface area (Å²) in [6.07, 6.45) is 1.16. The quantitative estimate of drug-likeness (QED) is 0.617. The van der Waals surface area contributed by atoms with Crippen molar-refractivity contribution in [2.75, 3.05) is 19.4 Å². The first-order valence-electron chi connectivity index (χ1n) is 5.99. The average molecular weight is 269 g/mol. The van der Waals surface area contributed by atoms with Gasteiger partial charge in [-0.2, -0.15) is 0 Å². The number of nitrogen functional groups attached to an aromatic ring is 1. The smallest absolute Gasteiger partial charge is 0.336 e. The number of rotatable bonds is 6. The van der Waals surface area contributed by atoms with Crippen molar-refractivity contribution >= 4 is 17.6 Å². The molecule has 0 radical (unpaired) electrons. The molecule has 1 amide bonds. The monoisotopic (exact) mass is 269 g/mol. The number of aromatic nitrogens is 1. The zero-order valence-electron chi connectivity index (χ0n) is 11.0. The summed E-state index contributed by atoms with van der Waals surface area (Å²) in [6, 6.07) is 1.55. The lowest BCUT2D eigenvalue weighted by atomic mass is 10.3. The molecule has 1 heterocycles. The number of amides is 1. The van der Waals surface area contributed by atoms with E-state index in [0.717, 1.165) is 6.42 Å². The minimum atomic E-state index is -1.37. The number of aliphatic hydroxyl groups is 1. The molecule has 0 aliphatic rings. The number of hydrogen-bond acceptors (Lipinski definition) is 5. The van der Waals surface area contributed by atoms with E-state index < -0.39 is 18.0 Å². The van der Waals surface area contributed by atoms with Crippen LogP contribution in [-0.2, 0) is 16.1 Å². The van der Waals surface area contributed by atoms with Gasteiger partial charge in [-0.3, -0.25) is 4.79 Å². The highest BCUT2D eigenvalue weighted by atomic mass is 16.5. The Bertz CT molecular complexity index is 456. The van der Waals surface area contributed by atoms with Crippen LogP contribution < -0.4 is 11.1 Å². The Kier molecular flexibility index (Phi) is 5.37. The summed E-state index contributed by atoms with van der Waals surface area (Å²) < 4.78 is 6.08. The van der Waals surface area contributed by atoms with E-state index in [1.165, 1.54) is 7.11 Å². The second kappa shape index (κ2) is 6.79. The third kappa shape index (κ3) is 3.99. The van der Waals surface area contributed by atoms with Crippen molar-refractivity contribution in [3.8, 4) is 0 Å². The number of aliphatic hydroxyl groups excluding tert-OH is 1. The topological polar surface area (TPSA) is 107 Å². The Labute approximate surface area is 111 Å². The van der Waals surface area contributed by atoms with Crippen molar-refractivity contribution in [2.45, 2.75) is 26.0 Å². The number of carbonyl (C=O) groups is 2. The minimum Gasteiger partial charge on any atom is -0.467 e. The molecule has 0 aromatic carbocycles. The molecule has 1 aromatic heterocycles. The molecule has 4 N–H and O–H groups in total. The first kappa shape index (κ1) is 15.0. The van der Waals surface area contributed by atoms with Crippen LogP contribution in [0, 0.1) is 0 Å². The van der Waals surface area contributed by atoms with Crippen LogP contribution >= 0.6 is 0 Å². The van der Waals surface area contributed by atoms with Crippen LogP contribution in [-0.4, -0.2) is 41.3 Å². The van der Waals surface area contributed by atoms with Crippen LogP contribution in [0.2, 0.25) is 0 Å². The van der Waals surface area contributed by atoms with Crippen molar-refractivity contribution in [2.24, 2.45) is 0 Å². The number of esters is 1. The van der Waals surface area contributed by atoms with Gasteiger partial charge in [0.1, 0.15) is 5.69 Å². The SMILES string of the molecule is CCCn1cc(N)cc1C(=O)NCC(O)C(=O)OC. The number of anilines is 1. The molecule has 0 saturated heterocycles. The number of methoxy groups -OCH3 is 1. The molecular weight excluding hydrogens is 250 g/mol. The summed E-state index contributed by atoms with van der Waals surface area (Å²) in [5, 5.41) is 11.8. The summed E-state index contributed by atoms with van der Waals surface area (Å²) in [6.45, 7) is 2.45. The molecule has 0 aliphatic heterocycles. The van der Waals surface area contributed by atoms with Crippen LogP contribution in [0.5, 0.6) is 0 Å². The van der Waals surface area contributed by atoms with E-state index in [-0.39, 0.29) is 6.54 Å². The van der Waals surface area contributed by atoms with Crippen molar-refractivity contribution in [1.82, 2.24) is 9.88 Å². The molecule has 0 aliphatic carbocycles. The van der Waals surface area contributed by atoms with Crippen LogP contribution in [0.25, 0.3) is 0 Å². The summed E-state index contributed by atoms with van der Waals surface area (Å²) in [4.78, 5) is 22.9. The lowest BCUT2D eigenvalue weighted by molar-refractivity contribution is -0.149. The number of aryl methyl sites for hydroxylation is 1. The number of nitrogens with one attached hydrogen (secondary N) is 1. The van der Waals surface area contributed by atoms with Crippen LogP contribution in [0.1, 0.15) is 23.8 Å². The van der Waals surface area contributed by atoms with Crippen LogP contribution in [0.15, 0.2) is 12.3 Å². The third-order valence-corrected chi connectivity index (χ3v) is 2.54. The maximum atomic E-state index is 11.9. The fraction of sp³-hybridized carbons (Fsp3) is 0.500. The highest BCUT2D eigenvalue weighted by Crippen LogP contribution is 2.11. The second-order valence-electron chi connectivity index (χ2n) is 4.10. The van der Waals surface area contributed by atoms with E-state index in [2.05, 4.69) is 10.1 Å². The van der Waals surface area contributed by atoms with E-state index in [1.54, 1.807) is 16.8 Å². The van der Waals surface area contributed by atoms with Crippen molar-refractivity contribution in [1.29, 1.82) is 0 Å². The van der Waals surface area contributed by atoms with Gasteiger partial charge in [0, 0.05) is 12.7 Å². The maximum absolute atomic E-state index is 11.9. The molecular formula is C12H19N3O4. The molecule has 7 heteroatoms. The number of ether oxygens (including phenoxy) is 1. The number of hydrogen-bond donors (Lipinski definition) is 3. The molecule has 0 fully saturated rings. The zero-order valence-corrected chi connectivity index (χ0v) is 11.0. The molecule has 0 bridgehead atoms. The molecule has 1 aromatic rings. The van der Waals surface area contributed by atoms with Gasteiger partial charge < -0.3 is 25.5 Å². The van der Waals surface area contributed by atoms with E-state index >= 15 is 0 Å². The van der Waals surface area contributed by atoms with Crippen molar-refractivity contribution in [3.05, 3.63) is 18.0 Å². The number of nitrogens with two attached hydrogens (primary N) is 1. The standard InChI is InChI=1S/C12H19N3O4/c1-3-4-15-7-8(13)5-9(15)11(17)14-6-10(16)12(18)19-2/h5,7,10,16H,3-4,6,13H2,1-2H3,(H,14,17). The molecule has 7 nitrogen and oxygen atoms in total. The second-order valence-corrected chi connectivity index (χ2v) is 4.10. The van der Waals surface area contributed by atoms with E-state index in [1.807, 2.05) is 6.92 Å². The molecule has 0 spiro atoms. The molecule has 1 rings (SSSR count). The van der Waals surface area contributed by atoms with E-state index in [4.69, 9.17) is 5.73 Å². The summed E-state index contributed by atoms with van der Waals surface area (Å²) in [7, 11) is 1.17. The normalized spacial score (nSPS) is 11.9. The number of nitrogens with zero attached hydrogens (tertiary/aromatic N) is 1. The maximum Gasteiger partial charge on any atom is 0.336 e. The van der Waals surface area contributed by atoms with Gasteiger partial charge in [-0.25, -0.2) is 4.79 Å². The zero-order chi connectivity index (χ0) is 14.4. The van der Waals surface area contributed by atoms with Gasteiger partial charge in [-0.1, -0.05) is 6.92 Å². The van der Waals surface area contributed by atoms with Crippen molar-refractivity contribution < 1.29 is 19.4 Å². The summed E-state index contributed by atoms with van der Waals surface area (Å²) in [5.74, 6) is -1.18. The fourth-order valence-corrected chi connectivity index (χ4v) is 1.65. The van der Waals surface area contributed by atoms with Crippen LogP contribution in [0.3, 0.4) is 0 Å². The van der Waals surface area contributed by atoms with Gasteiger partial charge in [0.15, 0.2) is 6.10 Å². The van der Waals surface area contributed by atoms with Crippen LogP contribution in [0.4, 0.5) is 5.69 Å². The first-order chi connectivity index (χ1) is 8.99. The van der Waals surface area contributed by atoms with Gasteiger partial charge >= 0.3 is 5.97 Å². The largest absolute Gasteiger partial charge is 0.467 e. The summed E-state index contributed by atoms with van der Waals surface area (Å²) in [5.41, 5.74) is 6.54. The Hall–Kier alpha value is -2.02. The molecule has 106 valence electrons.